The number of hydrogen-bond donors (Lipinski definition) is 1. The van der Waals surface area contributed by atoms with E-state index in [0.29, 0.717) is 6.04 Å². The summed E-state index contributed by atoms with van der Waals surface area (Å²) < 4.78 is 11.0. The lowest BCUT2D eigenvalue weighted by Crippen LogP contribution is -2.44. The Morgan fingerprint density at radius 2 is 2.00 bits per heavy atom. The van der Waals surface area contributed by atoms with E-state index in [0.717, 1.165) is 19.6 Å². The minimum atomic E-state index is -0.0722. The average molecular weight is 201 g/mol. The van der Waals surface area contributed by atoms with Gasteiger partial charge in [-0.1, -0.05) is 0 Å². The van der Waals surface area contributed by atoms with E-state index in [-0.39, 0.29) is 11.2 Å². The van der Waals surface area contributed by atoms with Gasteiger partial charge < -0.3 is 14.8 Å². The van der Waals surface area contributed by atoms with Crippen LogP contribution in [0.5, 0.6) is 0 Å². The zero-order valence-corrected chi connectivity index (χ0v) is 10.0. The van der Waals surface area contributed by atoms with Gasteiger partial charge in [0.15, 0.2) is 0 Å². The molecule has 1 N–H and O–H groups in total. The van der Waals surface area contributed by atoms with E-state index >= 15 is 0 Å². The number of hydrogen-bond acceptors (Lipinski definition) is 3. The summed E-state index contributed by atoms with van der Waals surface area (Å²) in [4.78, 5) is 0. The highest BCUT2D eigenvalue weighted by molar-refractivity contribution is 4.98. The topological polar surface area (TPSA) is 30.5 Å². The summed E-state index contributed by atoms with van der Waals surface area (Å²) in [7, 11) is 1.72. The minimum absolute atomic E-state index is 0.00572. The van der Waals surface area contributed by atoms with Crippen molar-refractivity contribution in [2.24, 2.45) is 0 Å². The second-order valence-electron chi connectivity index (χ2n) is 5.17. The molecule has 0 unspecified atom stereocenters. The maximum atomic E-state index is 5.98. The minimum Gasteiger partial charge on any atom is -0.383 e. The van der Waals surface area contributed by atoms with Crippen LogP contribution < -0.4 is 5.32 Å². The molecule has 0 aromatic rings. The number of nitrogens with one attached hydrogen (secondary N) is 1. The predicted molar refractivity (Wildman–Crippen MR) is 57.5 cm³/mol. The van der Waals surface area contributed by atoms with Crippen LogP contribution in [0.3, 0.4) is 0 Å². The Balaban J connectivity index is 2.44. The third-order valence-electron chi connectivity index (χ3n) is 2.77. The highest BCUT2D eigenvalue weighted by Gasteiger charge is 2.45. The molecule has 0 amide bonds. The Morgan fingerprint density at radius 1 is 1.36 bits per heavy atom. The van der Waals surface area contributed by atoms with E-state index in [1.54, 1.807) is 7.11 Å². The van der Waals surface area contributed by atoms with Crippen molar-refractivity contribution in [3.63, 3.8) is 0 Å². The SMILES string of the molecule is COCCN[C@@H]1CC(C)(C)OC1(C)C. The van der Waals surface area contributed by atoms with Crippen LogP contribution in [0, 0.1) is 0 Å². The number of rotatable bonds is 4. The van der Waals surface area contributed by atoms with Crippen molar-refractivity contribution in [3.8, 4) is 0 Å². The molecule has 1 saturated heterocycles. The molecule has 1 heterocycles. The molecule has 84 valence electrons. The van der Waals surface area contributed by atoms with Crippen molar-refractivity contribution >= 4 is 0 Å². The largest absolute Gasteiger partial charge is 0.383 e. The van der Waals surface area contributed by atoms with Crippen molar-refractivity contribution in [3.05, 3.63) is 0 Å². The fraction of sp³-hybridized carbons (Fsp3) is 1.00. The molecule has 0 spiro atoms. The fourth-order valence-corrected chi connectivity index (χ4v) is 2.22. The van der Waals surface area contributed by atoms with Crippen LogP contribution in [0.1, 0.15) is 34.1 Å². The van der Waals surface area contributed by atoms with Gasteiger partial charge in [0.25, 0.3) is 0 Å². The number of methoxy groups -OCH3 is 1. The van der Waals surface area contributed by atoms with Gasteiger partial charge in [-0.15, -0.1) is 0 Å². The highest BCUT2D eigenvalue weighted by atomic mass is 16.5. The first kappa shape index (κ1) is 12.0. The van der Waals surface area contributed by atoms with Gasteiger partial charge in [-0.2, -0.15) is 0 Å². The van der Waals surface area contributed by atoms with E-state index in [4.69, 9.17) is 9.47 Å². The third kappa shape index (κ3) is 2.94. The molecule has 1 aliphatic rings. The van der Waals surface area contributed by atoms with Crippen molar-refractivity contribution in [2.45, 2.75) is 51.4 Å². The first-order chi connectivity index (χ1) is 6.37. The van der Waals surface area contributed by atoms with Crippen LogP contribution in [0.4, 0.5) is 0 Å². The average Bonchev–Trinajstić information content (AvgIpc) is 2.20. The third-order valence-corrected chi connectivity index (χ3v) is 2.77. The molecule has 3 heteroatoms. The zero-order valence-electron chi connectivity index (χ0n) is 10.0. The quantitative estimate of drug-likeness (QED) is 0.700. The highest BCUT2D eigenvalue weighted by Crippen LogP contribution is 2.36. The van der Waals surface area contributed by atoms with Gasteiger partial charge in [-0.05, 0) is 34.1 Å². The Morgan fingerprint density at radius 3 is 2.43 bits per heavy atom. The maximum Gasteiger partial charge on any atom is 0.0787 e. The van der Waals surface area contributed by atoms with Crippen LogP contribution in [-0.4, -0.2) is 37.5 Å². The van der Waals surface area contributed by atoms with E-state index in [1.807, 2.05) is 0 Å². The Bertz CT molecular complexity index is 190. The van der Waals surface area contributed by atoms with Crippen molar-refractivity contribution in [2.75, 3.05) is 20.3 Å². The molecule has 1 aliphatic heterocycles. The summed E-state index contributed by atoms with van der Waals surface area (Å²) in [5.41, 5.74) is -0.0779. The van der Waals surface area contributed by atoms with Crippen LogP contribution in [-0.2, 0) is 9.47 Å². The molecule has 0 saturated carbocycles. The molecular weight excluding hydrogens is 178 g/mol. The van der Waals surface area contributed by atoms with Crippen LogP contribution in [0.25, 0.3) is 0 Å². The smallest absolute Gasteiger partial charge is 0.0787 e. The van der Waals surface area contributed by atoms with Crippen LogP contribution in [0.15, 0.2) is 0 Å². The van der Waals surface area contributed by atoms with Crippen molar-refractivity contribution in [1.29, 1.82) is 0 Å². The summed E-state index contributed by atoms with van der Waals surface area (Å²) in [6, 6.07) is 0.424. The molecule has 14 heavy (non-hydrogen) atoms. The lowest BCUT2D eigenvalue weighted by Gasteiger charge is -2.27. The summed E-state index contributed by atoms with van der Waals surface area (Å²) in [6.07, 6.45) is 1.06. The lowest BCUT2D eigenvalue weighted by molar-refractivity contribution is -0.0699. The Kier molecular flexibility index (Phi) is 3.56. The zero-order chi connectivity index (χ0) is 10.8. The fourth-order valence-electron chi connectivity index (χ4n) is 2.22. The van der Waals surface area contributed by atoms with Gasteiger partial charge >= 0.3 is 0 Å². The van der Waals surface area contributed by atoms with Gasteiger partial charge in [-0.25, -0.2) is 0 Å². The van der Waals surface area contributed by atoms with E-state index in [1.165, 1.54) is 0 Å². The Hall–Kier alpha value is -0.120. The van der Waals surface area contributed by atoms with Gasteiger partial charge in [-0.3, -0.25) is 0 Å². The summed E-state index contributed by atoms with van der Waals surface area (Å²) in [5.74, 6) is 0. The lowest BCUT2D eigenvalue weighted by atomic mass is 9.94. The molecule has 0 aliphatic carbocycles. The molecule has 1 rings (SSSR count). The Labute approximate surface area is 87.2 Å². The molecule has 0 radical (unpaired) electrons. The first-order valence-electron chi connectivity index (χ1n) is 5.30. The summed E-state index contributed by atoms with van der Waals surface area (Å²) in [6.45, 7) is 10.2. The molecular formula is C11H23NO2. The second-order valence-corrected chi connectivity index (χ2v) is 5.17. The molecule has 1 atom stereocenters. The van der Waals surface area contributed by atoms with E-state index in [2.05, 4.69) is 33.0 Å². The molecule has 0 aromatic carbocycles. The van der Waals surface area contributed by atoms with Gasteiger partial charge in [0.2, 0.25) is 0 Å². The van der Waals surface area contributed by atoms with E-state index in [9.17, 15) is 0 Å². The first-order valence-corrected chi connectivity index (χ1v) is 5.30. The predicted octanol–water partition coefficient (Wildman–Crippen LogP) is 1.57. The molecule has 3 nitrogen and oxygen atoms in total. The van der Waals surface area contributed by atoms with Gasteiger partial charge in [0.05, 0.1) is 17.8 Å². The summed E-state index contributed by atoms with van der Waals surface area (Å²) in [5, 5.41) is 3.48. The van der Waals surface area contributed by atoms with Crippen LogP contribution >= 0.6 is 0 Å². The molecule has 1 fully saturated rings. The maximum absolute atomic E-state index is 5.98. The monoisotopic (exact) mass is 201 g/mol. The summed E-state index contributed by atoms with van der Waals surface area (Å²) >= 11 is 0. The van der Waals surface area contributed by atoms with Gasteiger partial charge in [0.1, 0.15) is 0 Å². The van der Waals surface area contributed by atoms with E-state index < -0.39 is 0 Å². The standard InChI is InChI=1S/C11H23NO2/c1-10(2)8-9(11(3,4)14-10)12-6-7-13-5/h9,12H,6-8H2,1-5H3/t9-/m1/s1. The number of ether oxygens (including phenoxy) is 2. The normalized spacial score (nSPS) is 29.4. The van der Waals surface area contributed by atoms with Gasteiger partial charge in [0, 0.05) is 19.7 Å². The van der Waals surface area contributed by atoms with Crippen molar-refractivity contribution < 1.29 is 9.47 Å². The van der Waals surface area contributed by atoms with Crippen LogP contribution in [0.2, 0.25) is 0 Å². The second kappa shape index (κ2) is 4.17. The molecule has 0 bridgehead atoms. The van der Waals surface area contributed by atoms with Crippen molar-refractivity contribution in [1.82, 2.24) is 5.32 Å². The molecule has 0 aromatic heterocycles.